The Kier molecular flexibility index (Phi) is 13.9. The van der Waals surface area contributed by atoms with Crippen LogP contribution in [-0.4, -0.2) is 71.7 Å². The maximum atomic E-state index is 5.71. The van der Waals surface area contributed by atoms with Gasteiger partial charge in [0.15, 0.2) is 11.8 Å². The summed E-state index contributed by atoms with van der Waals surface area (Å²) in [6, 6.07) is 0. The molecule has 0 bridgehead atoms. The van der Waals surface area contributed by atoms with Crippen molar-refractivity contribution < 1.29 is 9.47 Å². The van der Waals surface area contributed by atoms with Crippen LogP contribution in [0.5, 0.6) is 0 Å². The number of aryl methyl sites for hydroxylation is 1. The number of guanidine groups is 1. The Morgan fingerprint density at radius 1 is 1.32 bits per heavy atom. The molecule has 1 atom stereocenters. The topological polar surface area (TPSA) is 85.6 Å². The monoisotopic (exact) mass is 526 g/mol. The molecule has 1 aliphatic heterocycles. The van der Waals surface area contributed by atoms with Gasteiger partial charge in [-0.15, -0.1) is 34.2 Å². The van der Waals surface area contributed by atoms with Gasteiger partial charge in [0.1, 0.15) is 12.4 Å². The molecule has 162 valence electrons. The van der Waals surface area contributed by atoms with Gasteiger partial charge in [-0.2, -0.15) is 11.8 Å². The molecule has 1 unspecified atom stereocenters. The minimum absolute atomic E-state index is 0. The fourth-order valence-electron chi connectivity index (χ4n) is 2.71. The predicted molar refractivity (Wildman–Crippen MR) is 126 cm³/mol. The van der Waals surface area contributed by atoms with Crippen LogP contribution in [0.1, 0.15) is 37.3 Å². The molecule has 1 saturated heterocycles. The van der Waals surface area contributed by atoms with Gasteiger partial charge >= 0.3 is 0 Å². The largest absolute Gasteiger partial charge is 0.379 e. The second kappa shape index (κ2) is 15.3. The van der Waals surface area contributed by atoms with Crippen molar-refractivity contribution in [3.63, 3.8) is 0 Å². The summed E-state index contributed by atoms with van der Waals surface area (Å²) < 4.78 is 13.2. The second-order valence-corrected chi connectivity index (χ2v) is 7.64. The van der Waals surface area contributed by atoms with Gasteiger partial charge in [-0.05, 0) is 44.6 Å². The molecule has 1 aromatic heterocycles. The van der Waals surface area contributed by atoms with E-state index >= 15 is 0 Å². The quantitative estimate of drug-likeness (QED) is 0.187. The molecular formula is C18H35IN6O2S. The maximum Gasteiger partial charge on any atom is 0.191 e. The number of hydrogen-bond acceptors (Lipinski definition) is 6. The van der Waals surface area contributed by atoms with Gasteiger partial charge in [0.25, 0.3) is 0 Å². The van der Waals surface area contributed by atoms with Crippen molar-refractivity contribution in [3.05, 3.63) is 11.6 Å². The number of ether oxygens (including phenoxy) is 2. The van der Waals surface area contributed by atoms with Crippen LogP contribution in [0, 0.1) is 6.92 Å². The van der Waals surface area contributed by atoms with Crippen LogP contribution in [-0.2, 0) is 23.1 Å². The van der Waals surface area contributed by atoms with Crippen LogP contribution >= 0.6 is 35.7 Å². The highest BCUT2D eigenvalue weighted by atomic mass is 127. The third kappa shape index (κ3) is 9.75. The summed E-state index contributed by atoms with van der Waals surface area (Å²) in [5.41, 5.74) is 0. The lowest BCUT2D eigenvalue weighted by atomic mass is 10.2. The average molecular weight is 526 g/mol. The van der Waals surface area contributed by atoms with E-state index in [4.69, 9.17) is 9.47 Å². The standard InChI is InChI=1S/C18H34N6O2S.HI/c1-15-22-23-17(24(15)2)13-21-18(20-9-6-12-27-3)19-8-5-10-25-14-16-7-4-11-26-16;/h16H,4-14H2,1-3H3,(H2,19,20,21);1H. The van der Waals surface area contributed by atoms with Gasteiger partial charge in [0.2, 0.25) is 0 Å². The van der Waals surface area contributed by atoms with E-state index in [2.05, 4.69) is 32.1 Å². The summed E-state index contributed by atoms with van der Waals surface area (Å²) in [4.78, 5) is 4.65. The lowest BCUT2D eigenvalue weighted by Crippen LogP contribution is -2.39. The molecule has 1 aromatic rings. The molecular weight excluding hydrogens is 491 g/mol. The fourth-order valence-corrected chi connectivity index (χ4v) is 3.14. The number of hydrogen-bond donors (Lipinski definition) is 2. The van der Waals surface area contributed by atoms with E-state index < -0.39 is 0 Å². The Hall–Kier alpha value is -0.590. The average Bonchev–Trinajstić information content (AvgIpc) is 3.30. The zero-order valence-electron chi connectivity index (χ0n) is 17.3. The van der Waals surface area contributed by atoms with Gasteiger partial charge in [-0.3, -0.25) is 0 Å². The predicted octanol–water partition coefficient (Wildman–Crippen LogP) is 2.12. The van der Waals surface area contributed by atoms with Gasteiger partial charge in [0.05, 0.1) is 12.7 Å². The lowest BCUT2D eigenvalue weighted by molar-refractivity contribution is 0.0168. The number of aliphatic imine (C=N–C) groups is 1. The van der Waals surface area contributed by atoms with Gasteiger partial charge in [-0.1, -0.05) is 0 Å². The Labute approximate surface area is 190 Å². The van der Waals surface area contributed by atoms with E-state index in [1.807, 2.05) is 30.3 Å². The van der Waals surface area contributed by atoms with E-state index in [0.29, 0.717) is 19.3 Å². The molecule has 0 radical (unpaired) electrons. The minimum atomic E-state index is 0. The zero-order valence-corrected chi connectivity index (χ0v) is 20.4. The normalized spacial score (nSPS) is 16.8. The summed E-state index contributed by atoms with van der Waals surface area (Å²) in [6.45, 7) is 6.48. The van der Waals surface area contributed by atoms with Crippen molar-refractivity contribution in [2.45, 2.75) is 45.3 Å². The van der Waals surface area contributed by atoms with E-state index in [9.17, 15) is 0 Å². The molecule has 28 heavy (non-hydrogen) atoms. The van der Waals surface area contributed by atoms with Gasteiger partial charge in [0, 0.05) is 33.4 Å². The highest BCUT2D eigenvalue weighted by Crippen LogP contribution is 2.11. The Morgan fingerprint density at radius 3 is 2.75 bits per heavy atom. The van der Waals surface area contributed by atoms with Crippen LogP contribution in [0.15, 0.2) is 4.99 Å². The van der Waals surface area contributed by atoms with E-state index in [0.717, 1.165) is 75.3 Å². The fraction of sp³-hybridized carbons (Fsp3) is 0.833. The van der Waals surface area contributed by atoms with Crippen molar-refractivity contribution in [2.24, 2.45) is 12.0 Å². The molecule has 0 aliphatic carbocycles. The molecule has 0 amide bonds. The van der Waals surface area contributed by atoms with Crippen LogP contribution in [0.2, 0.25) is 0 Å². The highest BCUT2D eigenvalue weighted by Gasteiger charge is 2.14. The Balaban J connectivity index is 0.00000392. The molecule has 8 nitrogen and oxygen atoms in total. The molecule has 10 heteroatoms. The van der Waals surface area contributed by atoms with Crippen LogP contribution in [0.4, 0.5) is 0 Å². The number of nitrogens with one attached hydrogen (secondary N) is 2. The minimum Gasteiger partial charge on any atom is -0.379 e. The maximum absolute atomic E-state index is 5.71. The van der Waals surface area contributed by atoms with E-state index in [1.165, 1.54) is 0 Å². The number of rotatable bonds is 12. The van der Waals surface area contributed by atoms with E-state index in [1.54, 1.807) is 0 Å². The molecule has 1 fully saturated rings. The number of aromatic nitrogens is 3. The van der Waals surface area contributed by atoms with Gasteiger partial charge in [-0.25, -0.2) is 4.99 Å². The van der Waals surface area contributed by atoms with E-state index in [-0.39, 0.29) is 24.0 Å². The zero-order chi connectivity index (χ0) is 19.3. The first-order valence-electron chi connectivity index (χ1n) is 9.76. The molecule has 0 saturated carbocycles. The first-order chi connectivity index (χ1) is 13.2. The van der Waals surface area contributed by atoms with Gasteiger partial charge < -0.3 is 24.7 Å². The molecule has 2 rings (SSSR count). The van der Waals surface area contributed by atoms with Crippen molar-refractivity contribution >= 4 is 41.7 Å². The number of thioether (sulfide) groups is 1. The smallest absolute Gasteiger partial charge is 0.191 e. The molecule has 1 aliphatic rings. The first-order valence-corrected chi connectivity index (χ1v) is 11.2. The summed E-state index contributed by atoms with van der Waals surface area (Å²) in [5.74, 6) is 3.71. The number of nitrogens with zero attached hydrogens (tertiary/aromatic N) is 4. The highest BCUT2D eigenvalue weighted by molar-refractivity contribution is 14.0. The molecule has 0 spiro atoms. The summed E-state index contributed by atoms with van der Waals surface area (Å²) in [7, 11) is 1.96. The molecule has 0 aromatic carbocycles. The van der Waals surface area contributed by atoms with Crippen molar-refractivity contribution in [1.82, 2.24) is 25.4 Å². The summed E-state index contributed by atoms with van der Waals surface area (Å²) in [6.07, 6.45) is 6.74. The molecule has 2 heterocycles. The summed E-state index contributed by atoms with van der Waals surface area (Å²) >= 11 is 1.86. The first kappa shape index (κ1) is 25.4. The third-order valence-corrected chi connectivity index (χ3v) is 5.16. The third-order valence-electron chi connectivity index (χ3n) is 4.46. The Morgan fingerprint density at radius 2 is 2.11 bits per heavy atom. The SMILES string of the molecule is CSCCCNC(=NCc1nnc(C)n1C)NCCCOCC1CCCO1.I. The number of halogens is 1. The van der Waals surface area contributed by atoms with Crippen LogP contribution < -0.4 is 10.6 Å². The lowest BCUT2D eigenvalue weighted by Gasteiger charge is -2.13. The van der Waals surface area contributed by atoms with Crippen molar-refractivity contribution in [1.29, 1.82) is 0 Å². The second-order valence-electron chi connectivity index (χ2n) is 6.65. The molecule has 2 N–H and O–H groups in total. The van der Waals surface area contributed by atoms with Crippen molar-refractivity contribution in [3.8, 4) is 0 Å². The van der Waals surface area contributed by atoms with Crippen LogP contribution in [0.3, 0.4) is 0 Å². The Bertz CT molecular complexity index is 566. The van der Waals surface area contributed by atoms with Crippen molar-refractivity contribution in [2.75, 3.05) is 44.9 Å². The summed E-state index contributed by atoms with van der Waals surface area (Å²) in [5, 5.41) is 15.0. The van der Waals surface area contributed by atoms with Crippen LogP contribution in [0.25, 0.3) is 0 Å².